The zero-order valence-electron chi connectivity index (χ0n) is 10.4. The van der Waals surface area contributed by atoms with Crippen LogP contribution in [0.5, 0.6) is 5.88 Å². The lowest BCUT2D eigenvalue weighted by molar-refractivity contribution is -0.117. The van der Waals surface area contributed by atoms with E-state index < -0.39 is 10.0 Å². The summed E-state index contributed by atoms with van der Waals surface area (Å²) >= 11 is 0. The Bertz CT molecular complexity index is 570. The summed E-state index contributed by atoms with van der Waals surface area (Å²) in [7, 11) is -2.06. The van der Waals surface area contributed by atoms with E-state index in [-0.39, 0.29) is 24.0 Å². The van der Waals surface area contributed by atoms with Crippen LogP contribution in [-0.4, -0.2) is 38.7 Å². The molecule has 0 aliphatic carbocycles. The highest BCUT2D eigenvalue weighted by atomic mass is 32.2. The Labute approximate surface area is 111 Å². The summed E-state index contributed by atoms with van der Waals surface area (Å²) in [6, 6.07) is 3.36. The summed E-state index contributed by atoms with van der Waals surface area (Å²) in [4.78, 5) is 17.4. The molecule has 1 atom stereocenters. The maximum absolute atomic E-state index is 11.9. The molecule has 8 heteroatoms. The number of aromatic nitrogens is 1. The van der Waals surface area contributed by atoms with Gasteiger partial charge in [0.25, 0.3) is 0 Å². The lowest BCUT2D eigenvalue weighted by atomic mass is 10.1. The summed E-state index contributed by atoms with van der Waals surface area (Å²) in [5, 5.41) is 5.00. The molecular weight excluding hydrogens is 270 g/mol. The van der Waals surface area contributed by atoms with Gasteiger partial charge in [-0.25, -0.2) is 18.5 Å². The van der Waals surface area contributed by atoms with Crippen LogP contribution in [0, 0.1) is 5.92 Å². The van der Waals surface area contributed by atoms with Crippen molar-refractivity contribution in [2.45, 2.75) is 6.42 Å². The zero-order valence-corrected chi connectivity index (χ0v) is 11.3. The normalized spacial score (nSPS) is 19.8. The molecule has 2 N–H and O–H groups in total. The predicted molar refractivity (Wildman–Crippen MR) is 69.2 cm³/mol. The number of methoxy groups -OCH3 is 1. The summed E-state index contributed by atoms with van der Waals surface area (Å²) < 4.78 is 27.0. The number of anilines is 1. The summed E-state index contributed by atoms with van der Waals surface area (Å²) in [6.07, 6.45) is 1.71. The van der Waals surface area contributed by atoms with Crippen LogP contribution in [0.1, 0.15) is 6.42 Å². The molecule has 19 heavy (non-hydrogen) atoms. The molecule has 1 aromatic rings. The van der Waals surface area contributed by atoms with Crippen LogP contribution in [0.3, 0.4) is 0 Å². The van der Waals surface area contributed by atoms with Gasteiger partial charge in [0.1, 0.15) is 0 Å². The summed E-state index contributed by atoms with van der Waals surface area (Å²) in [5.74, 6) is -0.125. The minimum Gasteiger partial charge on any atom is -0.481 e. The standard InChI is InChI=1S/C11H15N3O4S/c1-18-10-3-2-9(5-13-10)14-6-8(4-11(14)15)7-19(12,16)17/h2-3,5,8H,4,6-7H2,1H3,(H2,12,16,17). The van der Waals surface area contributed by atoms with E-state index in [1.807, 2.05) is 0 Å². The average molecular weight is 285 g/mol. The van der Waals surface area contributed by atoms with E-state index in [1.165, 1.54) is 18.2 Å². The predicted octanol–water partition coefficient (Wildman–Crippen LogP) is -0.268. The number of hydrogen-bond acceptors (Lipinski definition) is 5. The highest BCUT2D eigenvalue weighted by Crippen LogP contribution is 2.25. The first-order valence-electron chi connectivity index (χ1n) is 5.70. The van der Waals surface area contributed by atoms with Gasteiger partial charge in [0, 0.05) is 24.9 Å². The second kappa shape index (κ2) is 5.14. The number of nitrogens with two attached hydrogens (primary N) is 1. The van der Waals surface area contributed by atoms with Gasteiger partial charge in [0.15, 0.2) is 0 Å². The van der Waals surface area contributed by atoms with Crippen molar-refractivity contribution in [1.29, 1.82) is 0 Å². The van der Waals surface area contributed by atoms with Gasteiger partial charge < -0.3 is 9.64 Å². The Morgan fingerprint density at radius 3 is 2.79 bits per heavy atom. The van der Waals surface area contributed by atoms with Crippen LogP contribution in [0.2, 0.25) is 0 Å². The molecule has 1 fully saturated rings. The summed E-state index contributed by atoms with van der Waals surface area (Å²) in [5.41, 5.74) is 0.628. The minimum atomic E-state index is -3.56. The van der Waals surface area contributed by atoms with Gasteiger partial charge in [-0.3, -0.25) is 4.79 Å². The molecule has 2 heterocycles. The van der Waals surface area contributed by atoms with Gasteiger partial charge in [-0.2, -0.15) is 0 Å². The third-order valence-corrected chi connectivity index (χ3v) is 3.85. The Morgan fingerprint density at radius 1 is 1.53 bits per heavy atom. The number of sulfonamides is 1. The number of carbonyl (C=O) groups is 1. The van der Waals surface area contributed by atoms with Crippen LogP contribution in [0.15, 0.2) is 18.3 Å². The molecule has 1 aromatic heterocycles. The number of carbonyl (C=O) groups excluding carboxylic acids is 1. The smallest absolute Gasteiger partial charge is 0.227 e. The SMILES string of the molecule is COc1ccc(N2CC(CS(N)(=O)=O)CC2=O)cn1. The van der Waals surface area contributed by atoms with E-state index >= 15 is 0 Å². The first-order chi connectivity index (χ1) is 8.89. The molecule has 1 saturated heterocycles. The Hall–Kier alpha value is -1.67. The van der Waals surface area contributed by atoms with E-state index in [9.17, 15) is 13.2 Å². The van der Waals surface area contributed by atoms with Gasteiger partial charge in [-0.05, 0) is 6.07 Å². The van der Waals surface area contributed by atoms with Gasteiger partial charge in [0.05, 0.1) is 24.7 Å². The molecule has 1 aliphatic rings. The van der Waals surface area contributed by atoms with E-state index in [2.05, 4.69) is 4.98 Å². The van der Waals surface area contributed by atoms with Crippen LogP contribution < -0.4 is 14.8 Å². The fourth-order valence-electron chi connectivity index (χ4n) is 2.12. The number of ether oxygens (including phenoxy) is 1. The van der Waals surface area contributed by atoms with Crippen molar-refractivity contribution in [2.75, 3.05) is 24.3 Å². The van der Waals surface area contributed by atoms with Crippen LogP contribution in [-0.2, 0) is 14.8 Å². The molecule has 0 saturated carbocycles. The number of rotatable bonds is 4. The first kappa shape index (κ1) is 13.8. The van der Waals surface area contributed by atoms with Crippen molar-refractivity contribution >= 4 is 21.6 Å². The highest BCUT2D eigenvalue weighted by Gasteiger charge is 2.32. The quantitative estimate of drug-likeness (QED) is 0.820. The van der Waals surface area contributed by atoms with Gasteiger partial charge in [-0.15, -0.1) is 0 Å². The molecular formula is C11H15N3O4S. The van der Waals surface area contributed by atoms with Crippen LogP contribution >= 0.6 is 0 Å². The Morgan fingerprint density at radius 2 is 2.26 bits per heavy atom. The highest BCUT2D eigenvalue weighted by molar-refractivity contribution is 7.89. The van der Waals surface area contributed by atoms with Gasteiger partial charge >= 0.3 is 0 Å². The van der Waals surface area contributed by atoms with E-state index in [1.54, 1.807) is 12.1 Å². The maximum Gasteiger partial charge on any atom is 0.227 e. The number of primary sulfonamides is 1. The molecule has 7 nitrogen and oxygen atoms in total. The Kier molecular flexibility index (Phi) is 3.72. The van der Waals surface area contributed by atoms with Crippen molar-refractivity contribution in [3.63, 3.8) is 0 Å². The number of pyridine rings is 1. The second-order valence-corrected chi connectivity index (χ2v) is 6.12. The maximum atomic E-state index is 11.9. The fraction of sp³-hybridized carbons (Fsp3) is 0.455. The van der Waals surface area contributed by atoms with Crippen molar-refractivity contribution in [1.82, 2.24) is 4.98 Å². The molecule has 1 amide bonds. The zero-order chi connectivity index (χ0) is 14.0. The fourth-order valence-corrected chi connectivity index (χ4v) is 3.00. The molecule has 1 aliphatic heterocycles. The monoisotopic (exact) mass is 285 g/mol. The molecule has 104 valence electrons. The number of amides is 1. The average Bonchev–Trinajstić information content (AvgIpc) is 2.68. The van der Waals surface area contributed by atoms with Crippen molar-refractivity contribution in [3.8, 4) is 5.88 Å². The largest absolute Gasteiger partial charge is 0.481 e. The van der Waals surface area contributed by atoms with Crippen molar-refractivity contribution in [3.05, 3.63) is 18.3 Å². The van der Waals surface area contributed by atoms with Crippen LogP contribution in [0.4, 0.5) is 5.69 Å². The van der Waals surface area contributed by atoms with E-state index in [0.29, 0.717) is 18.1 Å². The number of hydrogen-bond donors (Lipinski definition) is 1. The lowest BCUT2D eigenvalue weighted by Crippen LogP contribution is -2.27. The molecule has 0 radical (unpaired) electrons. The van der Waals surface area contributed by atoms with Gasteiger partial charge in [0.2, 0.25) is 21.8 Å². The molecule has 0 spiro atoms. The van der Waals surface area contributed by atoms with Crippen LogP contribution in [0.25, 0.3) is 0 Å². The topological polar surface area (TPSA) is 103 Å². The molecule has 0 bridgehead atoms. The minimum absolute atomic E-state index is 0.124. The second-order valence-electron chi connectivity index (χ2n) is 4.46. The van der Waals surface area contributed by atoms with Gasteiger partial charge in [-0.1, -0.05) is 0 Å². The Balaban J connectivity index is 2.11. The van der Waals surface area contributed by atoms with E-state index in [0.717, 1.165) is 0 Å². The van der Waals surface area contributed by atoms with E-state index in [4.69, 9.17) is 9.88 Å². The number of nitrogens with zero attached hydrogens (tertiary/aromatic N) is 2. The lowest BCUT2D eigenvalue weighted by Gasteiger charge is -2.16. The molecule has 2 rings (SSSR count). The van der Waals surface area contributed by atoms with Crippen molar-refractivity contribution < 1.29 is 17.9 Å². The third kappa shape index (κ3) is 3.42. The first-order valence-corrected chi connectivity index (χ1v) is 7.41. The third-order valence-electron chi connectivity index (χ3n) is 2.91. The van der Waals surface area contributed by atoms with Crippen molar-refractivity contribution in [2.24, 2.45) is 11.1 Å². The molecule has 1 unspecified atom stereocenters. The summed E-state index contributed by atoms with van der Waals surface area (Å²) in [6.45, 7) is 0.337. The molecule has 0 aromatic carbocycles.